The molecule has 0 bridgehead atoms. The van der Waals surface area contributed by atoms with E-state index < -0.39 is 11.9 Å². The molecule has 0 amide bonds. The van der Waals surface area contributed by atoms with Crippen molar-refractivity contribution in [1.82, 2.24) is 9.97 Å². The molecule has 0 aliphatic rings. The number of carboxylic acid groups (broad SMARTS) is 2. The van der Waals surface area contributed by atoms with Gasteiger partial charge in [0, 0.05) is 56.0 Å². The van der Waals surface area contributed by atoms with Crippen LogP contribution < -0.4 is 0 Å². The molecule has 2 N–H and O–H groups in total. The third kappa shape index (κ3) is 3.01. The fourth-order valence-corrected chi connectivity index (χ4v) is 1.59. The number of hydrogen-bond acceptors (Lipinski definition) is 4. The van der Waals surface area contributed by atoms with E-state index >= 15 is 0 Å². The van der Waals surface area contributed by atoms with Crippen LogP contribution in [0, 0.1) is 0 Å². The molecule has 0 aliphatic carbocycles. The van der Waals surface area contributed by atoms with E-state index in [0.717, 1.165) is 6.20 Å². The van der Waals surface area contributed by atoms with Crippen molar-refractivity contribution in [2.75, 3.05) is 0 Å². The predicted molar refractivity (Wildman–Crippen MR) is 61.4 cm³/mol. The molecule has 99 valence electrons. The zero-order chi connectivity index (χ0) is 13.1. The monoisotopic (exact) mass is 437 g/mol. The molecule has 1 radical (unpaired) electrons. The van der Waals surface area contributed by atoms with Crippen molar-refractivity contribution < 1.29 is 39.9 Å². The van der Waals surface area contributed by atoms with Crippen molar-refractivity contribution in [1.29, 1.82) is 0 Å². The van der Waals surface area contributed by atoms with Gasteiger partial charge in [-0.3, -0.25) is 9.97 Å². The summed E-state index contributed by atoms with van der Waals surface area (Å²) in [6.45, 7) is 0. The van der Waals surface area contributed by atoms with Crippen LogP contribution in [0.15, 0.2) is 36.9 Å². The van der Waals surface area contributed by atoms with E-state index in [1.54, 1.807) is 18.3 Å². The number of carbonyl (C=O) groups is 2. The second-order valence-corrected chi connectivity index (χ2v) is 3.46. The standard InChI is InChI=1S/C12H8N2O4.Ir/c15-11(16)9-6-14-5-8(10(9)12(17)18)7-2-1-3-13-4-7;/h1-6H,(H,15,16)(H,17,18);. The molecule has 2 aromatic heterocycles. The van der Waals surface area contributed by atoms with Crippen LogP contribution in [0.3, 0.4) is 0 Å². The molecule has 19 heavy (non-hydrogen) atoms. The van der Waals surface area contributed by atoms with Gasteiger partial charge in [-0.1, -0.05) is 6.07 Å². The smallest absolute Gasteiger partial charge is 0.338 e. The topological polar surface area (TPSA) is 100 Å². The maximum absolute atomic E-state index is 11.2. The van der Waals surface area contributed by atoms with Crippen molar-refractivity contribution in [3.05, 3.63) is 48.0 Å². The fraction of sp³-hybridized carbons (Fsp3) is 0. The molecule has 0 fully saturated rings. The average Bonchev–Trinajstić information content (AvgIpc) is 2.38. The van der Waals surface area contributed by atoms with Gasteiger partial charge in [0.25, 0.3) is 0 Å². The molecular formula is C12H8IrN2O4. The van der Waals surface area contributed by atoms with Gasteiger partial charge in [0.1, 0.15) is 0 Å². The molecule has 2 rings (SSSR count). The first-order chi connectivity index (χ1) is 8.61. The Labute approximate surface area is 121 Å². The normalized spacial score (nSPS) is 9.47. The van der Waals surface area contributed by atoms with Crippen LogP contribution in [0.1, 0.15) is 20.7 Å². The third-order valence-electron chi connectivity index (χ3n) is 2.36. The molecule has 7 heteroatoms. The van der Waals surface area contributed by atoms with E-state index in [-0.39, 0.29) is 36.8 Å². The van der Waals surface area contributed by atoms with Gasteiger partial charge < -0.3 is 10.2 Å². The Morgan fingerprint density at radius 1 is 1.00 bits per heavy atom. The van der Waals surface area contributed by atoms with E-state index in [9.17, 15) is 9.59 Å². The largest absolute Gasteiger partial charge is 0.478 e. The Balaban J connectivity index is 0.00000180. The molecule has 2 heterocycles. The van der Waals surface area contributed by atoms with Crippen LogP contribution in [-0.4, -0.2) is 32.1 Å². The van der Waals surface area contributed by atoms with Gasteiger partial charge in [-0.2, -0.15) is 0 Å². The Morgan fingerprint density at radius 2 is 1.74 bits per heavy atom. The second kappa shape index (κ2) is 6.17. The Kier molecular flexibility index (Phi) is 4.86. The minimum absolute atomic E-state index is 0. The number of rotatable bonds is 3. The van der Waals surface area contributed by atoms with Crippen LogP contribution in [0.25, 0.3) is 11.1 Å². The fourth-order valence-electron chi connectivity index (χ4n) is 1.59. The van der Waals surface area contributed by atoms with Crippen LogP contribution in [0.4, 0.5) is 0 Å². The summed E-state index contributed by atoms with van der Waals surface area (Å²) in [5, 5.41) is 18.1. The molecular weight excluding hydrogens is 428 g/mol. The minimum atomic E-state index is -1.33. The summed E-state index contributed by atoms with van der Waals surface area (Å²) in [6, 6.07) is 3.27. The Morgan fingerprint density at radius 3 is 2.26 bits per heavy atom. The SMILES string of the molecule is O=C(O)c1cncc(-c2cccnc2)c1C(=O)O.[Ir]. The summed E-state index contributed by atoms with van der Waals surface area (Å²) >= 11 is 0. The second-order valence-electron chi connectivity index (χ2n) is 3.46. The van der Waals surface area contributed by atoms with Crippen LogP contribution in [-0.2, 0) is 20.1 Å². The maximum atomic E-state index is 11.2. The summed E-state index contributed by atoms with van der Waals surface area (Å²) in [4.78, 5) is 29.8. The van der Waals surface area contributed by atoms with Crippen molar-refractivity contribution in [2.24, 2.45) is 0 Å². The van der Waals surface area contributed by atoms with Crippen LogP contribution in [0.2, 0.25) is 0 Å². The van der Waals surface area contributed by atoms with Crippen LogP contribution in [0.5, 0.6) is 0 Å². The van der Waals surface area contributed by atoms with E-state index in [1.807, 2.05) is 0 Å². The number of carboxylic acids is 2. The number of hydrogen-bond donors (Lipinski definition) is 2. The van der Waals surface area contributed by atoms with Gasteiger partial charge in [0.05, 0.1) is 11.1 Å². The summed E-state index contributed by atoms with van der Waals surface area (Å²) in [5.74, 6) is -2.64. The molecule has 0 saturated heterocycles. The van der Waals surface area contributed by atoms with Gasteiger partial charge in [-0.25, -0.2) is 9.59 Å². The molecule has 0 aliphatic heterocycles. The van der Waals surface area contributed by atoms with Crippen molar-refractivity contribution in [3.8, 4) is 11.1 Å². The summed E-state index contributed by atoms with van der Waals surface area (Å²) in [6.07, 6.45) is 5.33. The van der Waals surface area contributed by atoms with E-state index in [1.165, 1.54) is 12.4 Å². The molecule has 2 aromatic rings. The molecule has 0 spiro atoms. The molecule has 0 aromatic carbocycles. The Bertz CT molecular complexity index is 616. The predicted octanol–water partition coefficient (Wildman–Crippen LogP) is 1.54. The quantitative estimate of drug-likeness (QED) is 0.757. The first kappa shape index (κ1) is 14.9. The number of aromatic nitrogens is 2. The molecule has 0 atom stereocenters. The van der Waals surface area contributed by atoms with Gasteiger partial charge in [-0.15, -0.1) is 0 Å². The number of pyridine rings is 2. The number of aromatic carboxylic acids is 2. The van der Waals surface area contributed by atoms with Crippen molar-refractivity contribution in [3.63, 3.8) is 0 Å². The van der Waals surface area contributed by atoms with E-state index in [2.05, 4.69) is 9.97 Å². The van der Waals surface area contributed by atoms with Crippen molar-refractivity contribution >= 4 is 11.9 Å². The minimum Gasteiger partial charge on any atom is -0.478 e. The Hall–Kier alpha value is -2.11. The van der Waals surface area contributed by atoms with E-state index in [0.29, 0.717) is 5.56 Å². The van der Waals surface area contributed by atoms with Crippen LogP contribution >= 0.6 is 0 Å². The average molecular weight is 436 g/mol. The first-order valence-corrected chi connectivity index (χ1v) is 4.96. The summed E-state index contributed by atoms with van der Waals surface area (Å²) in [5.41, 5.74) is 0.107. The van der Waals surface area contributed by atoms with Gasteiger partial charge in [0.15, 0.2) is 0 Å². The molecule has 0 saturated carbocycles. The summed E-state index contributed by atoms with van der Waals surface area (Å²) in [7, 11) is 0. The summed E-state index contributed by atoms with van der Waals surface area (Å²) < 4.78 is 0. The van der Waals surface area contributed by atoms with Gasteiger partial charge in [0.2, 0.25) is 0 Å². The maximum Gasteiger partial charge on any atom is 0.338 e. The molecule has 0 unspecified atom stereocenters. The van der Waals surface area contributed by atoms with Gasteiger partial charge >= 0.3 is 11.9 Å². The zero-order valence-electron chi connectivity index (χ0n) is 9.40. The van der Waals surface area contributed by atoms with Crippen molar-refractivity contribution in [2.45, 2.75) is 0 Å². The molecule has 6 nitrogen and oxygen atoms in total. The first-order valence-electron chi connectivity index (χ1n) is 4.96. The zero-order valence-corrected chi connectivity index (χ0v) is 11.8. The number of nitrogens with zero attached hydrogens (tertiary/aromatic N) is 2. The van der Waals surface area contributed by atoms with Gasteiger partial charge in [-0.05, 0) is 6.07 Å². The van der Waals surface area contributed by atoms with E-state index in [4.69, 9.17) is 10.2 Å². The third-order valence-corrected chi connectivity index (χ3v) is 2.36.